The van der Waals surface area contributed by atoms with E-state index in [9.17, 15) is 100 Å². The number of fused-ring (bicyclic) bond motifs is 6. The highest BCUT2D eigenvalue weighted by atomic mass is 32.2. The molecular weight excluding hydrogens is 1630 g/mol. The summed E-state index contributed by atoms with van der Waals surface area (Å²) in [5, 5.41) is 9.45. The van der Waals surface area contributed by atoms with Gasteiger partial charge in [0, 0.05) is 30.2 Å². The van der Waals surface area contributed by atoms with Crippen molar-refractivity contribution in [2.45, 2.75) is 371 Å². The minimum atomic E-state index is -5.82. The smallest absolute Gasteiger partial charge is 0.462 e. The van der Waals surface area contributed by atoms with E-state index in [-0.39, 0.29) is 108 Å². The molecule has 14 fully saturated rings. The molecule has 0 aromatic rings. The summed E-state index contributed by atoms with van der Waals surface area (Å²) in [7, 11) is -5.18. The lowest BCUT2D eigenvalue weighted by atomic mass is 9.49. The molecule has 0 spiro atoms. The van der Waals surface area contributed by atoms with Crippen LogP contribution in [0.1, 0.15) is 294 Å². The van der Waals surface area contributed by atoms with Gasteiger partial charge in [-0.15, -0.1) is 0 Å². The number of nitrogens with one attached hydrogen (secondary N) is 1. The zero-order valence-corrected chi connectivity index (χ0v) is 75.8. The van der Waals surface area contributed by atoms with Crippen LogP contribution in [0.5, 0.6) is 0 Å². The second kappa shape index (κ2) is 36.9. The third-order valence-electron chi connectivity index (χ3n) is 31.1. The molecular formula is C89H138F11NO19S. The SMILES string of the molecule is CC1C2CC(CNS(=O)(=O)C(F)(F)F)C(C2)C1C.CCC(C)(C)C(=O)OC1(CC)C2CC3CC(C2)CC1C3.CCC(C)(C)C(=O)OC1C2CC3C(=O)OC1C3C2.CCC(C)(C)C(=O)OC1C2CC3C(=O)OC1C3C2.CCC(C)(C)C(=O)OC1CC2CC(CC(O)(C(F)(F)F)C(F)(F)F)C1C2.CCC(OC(=O)C(C)(C)CC)C(F)(F)C(=O)OC(C)(C)C. The van der Waals surface area contributed by atoms with Crippen molar-refractivity contribution in [1.29, 1.82) is 0 Å². The fourth-order valence-corrected chi connectivity index (χ4v) is 21.8. The van der Waals surface area contributed by atoms with Crippen LogP contribution in [-0.2, 0) is 86.3 Å². The number of carbonyl (C=O) groups is 8. The van der Waals surface area contributed by atoms with Crippen LogP contribution in [0.25, 0.3) is 0 Å². The third kappa shape index (κ3) is 21.5. The number of carbonyl (C=O) groups excluding carboxylic acids is 8. The highest BCUT2D eigenvalue weighted by Gasteiger charge is 2.72. The average Bonchev–Trinajstić information content (AvgIpc) is 1.35. The first-order valence-corrected chi connectivity index (χ1v) is 45.8. The lowest BCUT2D eigenvalue weighted by molar-refractivity contribution is -0.373. The molecule has 32 heteroatoms. The molecule has 2 N–H and O–H groups in total. The first-order valence-electron chi connectivity index (χ1n) is 44.3. The Kier molecular flexibility index (Phi) is 30.9. The molecule has 12 aliphatic carbocycles. The second-order valence-corrected chi connectivity index (χ2v) is 43.6. The normalized spacial score (nSPS) is 34.2. The first-order chi connectivity index (χ1) is 55.3. The highest BCUT2D eigenvalue weighted by Crippen LogP contribution is 2.63. The van der Waals surface area contributed by atoms with Gasteiger partial charge in [-0.05, 0) is 302 Å². The summed E-state index contributed by atoms with van der Waals surface area (Å²) in [6, 6.07) is 0. The lowest BCUT2D eigenvalue weighted by Gasteiger charge is -2.60. The molecule has 121 heavy (non-hydrogen) atoms. The van der Waals surface area contributed by atoms with Gasteiger partial charge in [-0.1, -0.05) is 62.3 Å². The Bertz CT molecular complexity index is 3670. The van der Waals surface area contributed by atoms with Gasteiger partial charge in [-0.3, -0.25) is 33.6 Å². The lowest BCUT2D eigenvalue weighted by Crippen LogP contribution is -2.60. The van der Waals surface area contributed by atoms with Crippen LogP contribution in [0, 0.1) is 134 Å². The predicted molar refractivity (Wildman–Crippen MR) is 423 cm³/mol. The molecule has 20 atom stereocenters. The molecule has 2 saturated heterocycles. The maximum Gasteiger partial charge on any atom is 0.511 e. The number of alkyl halides is 11. The summed E-state index contributed by atoms with van der Waals surface area (Å²) >= 11 is 0. The van der Waals surface area contributed by atoms with E-state index in [1.807, 2.05) is 55.4 Å². The van der Waals surface area contributed by atoms with Crippen molar-refractivity contribution in [2.75, 3.05) is 6.54 Å². The van der Waals surface area contributed by atoms with Gasteiger partial charge in [-0.2, -0.15) is 48.3 Å². The number of rotatable bonds is 24. The van der Waals surface area contributed by atoms with Gasteiger partial charge in [0.25, 0.3) is 5.60 Å². The van der Waals surface area contributed by atoms with Crippen LogP contribution in [-0.4, -0.2) is 145 Å². The van der Waals surface area contributed by atoms with Crippen LogP contribution in [0.2, 0.25) is 0 Å². The van der Waals surface area contributed by atoms with E-state index < -0.39 is 115 Å². The molecule has 0 aromatic heterocycles. The van der Waals surface area contributed by atoms with Gasteiger partial charge < -0.3 is 43.0 Å². The maximum absolute atomic E-state index is 14.1. The zero-order valence-electron chi connectivity index (χ0n) is 75.0. The van der Waals surface area contributed by atoms with Gasteiger partial charge in [-0.25, -0.2) is 17.9 Å². The average molecular weight is 1770 g/mol. The van der Waals surface area contributed by atoms with Crippen LogP contribution in [0.4, 0.5) is 48.3 Å². The Morgan fingerprint density at radius 2 is 0.876 bits per heavy atom. The number of hydrogen-bond acceptors (Lipinski definition) is 19. The summed E-state index contributed by atoms with van der Waals surface area (Å²) in [5.41, 5.74) is -14.0. The Morgan fingerprint density at radius 3 is 1.25 bits per heavy atom. The van der Waals surface area contributed by atoms with Gasteiger partial charge in [0.05, 0.1) is 38.9 Å². The molecule has 696 valence electrons. The summed E-state index contributed by atoms with van der Waals surface area (Å²) < 4.78 is 209. The fraction of sp³-hybridized carbons (Fsp3) is 0.910. The summed E-state index contributed by atoms with van der Waals surface area (Å²) in [6.45, 7) is 40.1. The fourth-order valence-electron chi connectivity index (χ4n) is 21.2. The Labute approximate surface area is 708 Å². The summed E-state index contributed by atoms with van der Waals surface area (Å²) in [4.78, 5) is 95.8. The molecule has 20 unspecified atom stereocenters. The van der Waals surface area contributed by atoms with Crippen LogP contribution in [0.3, 0.4) is 0 Å². The van der Waals surface area contributed by atoms with Gasteiger partial charge >= 0.3 is 81.6 Å². The molecule has 20 nitrogen and oxygen atoms in total. The first kappa shape index (κ1) is 101. The third-order valence-corrected chi connectivity index (χ3v) is 32.2. The van der Waals surface area contributed by atoms with Gasteiger partial charge in [0.15, 0.2) is 6.10 Å². The molecule has 0 amide bonds. The summed E-state index contributed by atoms with van der Waals surface area (Å²) in [5.74, 6) is -2.36. The maximum atomic E-state index is 14.1. The highest BCUT2D eigenvalue weighted by molar-refractivity contribution is 7.90. The predicted octanol–water partition coefficient (Wildman–Crippen LogP) is 19.1. The van der Waals surface area contributed by atoms with E-state index in [0.717, 1.165) is 76.0 Å². The van der Waals surface area contributed by atoms with Gasteiger partial charge in [0.2, 0.25) is 0 Å². The Morgan fingerprint density at radius 1 is 0.471 bits per heavy atom. The number of ether oxygens (including phenoxy) is 8. The monoisotopic (exact) mass is 1770 g/mol. The van der Waals surface area contributed by atoms with Crippen molar-refractivity contribution in [1.82, 2.24) is 4.72 Å². The number of hydrogen-bond donors (Lipinski definition) is 2. The van der Waals surface area contributed by atoms with Crippen molar-refractivity contribution in [3.05, 3.63) is 0 Å². The standard InChI is InChI=1S/C18H30O2.C17H24F6O3.C15H26F2O4.2C14H20O4.C11H18F3NO2S/c1-5-17(3,4)16(19)20-18(6-2)14-8-12-7-13(10-14)11-15(18)9-12;1-4-14(2,3)13(24)26-12-7-9-5-10(11(12)6-9)8-15(25,16(18,19)20)17(21,22)23;1-8-10(20-11(18)14(6,7)9-2)15(16,17)12(19)21-13(3,4)5;2*1-4-14(2,3)13(16)18-10-7-5-8-9(6-7)12(15)17-11(8)10;1-6-7(2)10-4-8(6)3-9(10)5-15-18(16,17)11(12,13)14/h12-15H,5-11H2,1-4H3;9-12,25H,4-8H2,1-3H3;10H,8-9H2,1-7H3;2*7-11H,4-6H2,1-3H3;6-10,15H,3-5H2,1-2H3. The quantitative estimate of drug-likeness (QED) is 0.0516. The van der Waals surface area contributed by atoms with E-state index in [0.29, 0.717) is 84.9 Å². The number of sulfonamides is 1. The molecule has 0 aromatic carbocycles. The topological polar surface area (TPSA) is 277 Å². The summed E-state index contributed by atoms with van der Waals surface area (Å²) in [6.07, 6.45) is 0.993. The van der Waals surface area contributed by atoms with E-state index in [4.69, 9.17) is 37.9 Å². The van der Waals surface area contributed by atoms with Crippen molar-refractivity contribution < 1.29 is 138 Å². The molecule has 14 aliphatic rings. The second-order valence-electron chi connectivity index (χ2n) is 41.8. The minimum Gasteiger partial charge on any atom is -0.462 e. The molecule has 14 rings (SSSR count). The van der Waals surface area contributed by atoms with Crippen LogP contribution in [0.15, 0.2) is 0 Å². The van der Waals surface area contributed by atoms with Gasteiger partial charge in [0.1, 0.15) is 41.7 Å². The van der Waals surface area contributed by atoms with Crippen molar-refractivity contribution >= 4 is 57.8 Å². The molecule has 12 saturated carbocycles. The number of aliphatic hydroxyl groups is 1. The van der Waals surface area contributed by atoms with E-state index in [2.05, 4.69) is 27.7 Å². The zero-order chi connectivity index (χ0) is 91.6. The van der Waals surface area contributed by atoms with E-state index in [1.165, 1.54) is 59.8 Å². The Balaban J connectivity index is 0.000000181. The van der Waals surface area contributed by atoms with Crippen molar-refractivity contribution in [3.63, 3.8) is 0 Å². The van der Waals surface area contributed by atoms with Crippen LogP contribution < -0.4 is 4.72 Å². The van der Waals surface area contributed by atoms with E-state index >= 15 is 0 Å². The molecule has 0 radical (unpaired) electrons. The van der Waals surface area contributed by atoms with Crippen LogP contribution >= 0.6 is 0 Å². The Hall–Kier alpha value is -5.14. The van der Waals surface area contributed by atoms with Crippen molar-refractivity contribution in [3.8, 4) is 0 Å². The number of halogens is 11. The molecule has 2 aliphatic heterocycles. The minimum absolute atomic E-state index is 0.0364. The molecule has 2 heterocycles. The number of esters is 8. The van der Waals surface area contributed by atoms with E-state index in [1.54, 1.807) is 46.3 Å². The molecule has 12 bridgehead atoms. The largest absolute Gasteiger partial charge is 0.511 e. The van der Waals surface area contributed by atoms with Crippen molar-refractivity contribution in [2.24, 2.45) is 134 Å².